The van der Waals surface area contributed by atoms with E-state index in [0.717, 1.165) is 3.57 Å². The molecule has 0 bridgehead atoms. The standard InChI is InChI=1S/C13H13IO5/c1-13(2)18-11(15)10(12(16)19-13)14-8-5-4-6-9(7-8)17-3/h4-7H,1-3H3. The topological polar surface area (TPSA) is 61.8 Å². The molecule has 0 saturated carbocycles. The second kappa shape index (κ2) is 5.28. The fourth-order valence-corrected chi connectivity index (χ4v) is 3.61. The summed E-state index contributed by atoms with van der Waals surface area (Å²) < 4.78 is 16.2. The van der Waals surface area contributed by atoms with Gasteiger partial charge in [0.15, 0.2) is 3.51 Å². The summed E-state index contributed by atoms with van der Waals surface area (Å²) in [6.45, 7) is 3.06. The molecule has 1 aromatic rings. The molecule has 0 aliphatic carbocycles. The van der Waals surface area contributed by atoms with Gasteiger partial charge in [0.25, 0.3) is 5.79 Å². The molecule has 2 rings (SSSR count). The largest absolute Gasteiger partial charge is 0.497 e. The van der Waals surface area contributed by atoms with Gasteiger partial charge >= 0.3 is 11.9 Å². The minimum atomic E-state index is -1.18. The van der Waals surface area contributed by atoms with Gasteiger partial charge in [0.1, 0.15) is 5.75 Å². The molecule has 0 radical (unpaired) electrons. The number of halogens is 1. The minimum Gasteiger partial charge on any atom is -0.497 e. The van der Waals surface area contributed by atoms with Gasteiger partial charge in [0, 0.05) is 17.4 Å². The number of esters is 2. The van der Waals surface area contributed by atoms with Crippen molar-refractivity contribution in [2.45, 2.75) is 19.6 Å². The lowest BCUT2D eigenvalue weighted by Gasteiger charge is -2.29. The van der Waals surface area contributed by atoms with E-state index in [-0.39, 0.29) is 3.51 Å². The number of hydrogen-bond acceptors (Lipinski definition) is 5. The van der Waals surface area contributed by atoms with Crippen molar-refractivity contribution in [3.05, 3.63) is 27.8 Å². The average Bonchev–Trinajstić information content (AvgIpc) is 2.33. The highest BCUT2D eigenvalue weighted by Crippen LogP contribution is 2.25. The van der Waals surface area contributed by atoms with Crippen LogP contribution in [0.25, 0.3) is 0 Å². The van der Waals surface area contributed by atoms with Gasteiger partial charge in [0.05, 0.1) is 7.11 Å². The lowest BCUT2D eigenvalue weighted by atomic mass is 10.3. The molecular formula is C13H13IO5. The number of methoxy groups -OCH3 is 1. The molecular weight excluding hydrogens is 363 g/mol. The lowest BCUT2D eigenvalue weighted by Crippen LogP contribution is -2.46. The molecule has 1 aliphatic heterocycles. The van der Waals surface area contributed by atoms with Crippen LogP contribution in [0, 0.1) is 3.57 Å². The molecule has 0 unspecified atom stereocenters. The van der Waals surface area contributed by atoms with Crippen LogP contribution in [0.4, 0.5) is 0 Å². The van der Waals surface area contributed by atoms with Crippen LogP contribution in [0.5, 0.6) is 5.75 Å². The van der Waals surface area contributed by atoms with E-state index in [1.165, 1.54) is 13.8 Å². The summed E-state index contributed by atoms with van der Waals surface area (Å²) >= 11 is -0.952. The zero-order valence-corrected chi connectivity index (χ0v) is 12.9. The van der Waals surface area contributed by atoms with Crippen molar-refractivity contribution in [3.8, 4) is 5.75 Å². The van der Waals surface area contributed by atoms with Gasteiger partial charge in [-0.05, 0) is 18.2 Å². The summed E-state index contributed by atoms with van der Waals surface area (Å²) in [6, 6.07) is 7.28. The summed E-state index contributed by atoms with van der Waals surface area (Å²) in [5, 5.41) is 0. The maximum atomic E-state index is 11.8. The number of ether oxygens (including phenoxy) is 3. The Morgan fingerprint density at radius 2 is 1.79 bits per heavy atom. The van der Waals surface area contributed by atoms with Crippen molar-refractivity contribution in [2.75, 3.05) is 7.11 Å². The van der Waals surface area contributed by atoms with Crippen molar-refractivity contribution < 1.29 is 23.8 Å². The van der Waals surface area contributed by atoms with Gasteiger partial charge in [-0.1, -0.05) is 26.8 Å². The van der Waals surface area contributed by atoms with Crippen LogP contribution in [-0.4, -0.2) is 28.3 Å². The summed E-state index contributed by atoms with van der Waals surface area (Å²) in [5.74, 6) is -1.67. The molecule has 0 spiro atoms. The number of hydrogen-bond donors (Lipinski definition) is 0. The van der Waals surface area contributed by atoms with Crippen LogP contribution in [0.1, 0.15) is 13.8 Å². The summed E-state index contributed by atoms with van der Waals surface area (Å²) in [4.78, 5) is 23.6. The van der Waals surface area contributed by atoms with Crippen LogP contribution in [0.2, 0.25) is 0 Å². The molecule has 0 amide bonds. The first-order valence-electron chi connectivity index (χ1n) is 5.54. The second-order valence-corrected chi connectivity index (χ2v) is 7.11. The van der Waals surface area contributed by atoms with Gasteiger partial charge in [-0.3, -0.25) is 0 Å². The third-order valence-electron chi connectivity index (χ3n) is 2.27. The van der Waals surface area contributed by atoms with Gasteiger partial charge < -0.3 is 14.2 Å². The first-order chi connectivity index (χ1) is 8.91. The van der Waals surface area contributed by atoms with E-state index in [9.17, 15) is 9.59 Å². The average molecular weight is 376 g/mol. The van der Waals surface area contributed by atoms with E-state index in [4.69, 9.17) is 14.2 Å². The lowest BCUT2D eigenvalue weighted by molar-refractivity contribution is -0.214. The highest BCUT2D eigenvalue weighted by atomic mass is 127. The number of rotatable bonds is 2. The number of carbonyl (C=O) groups is 2. The fourth-order valence-electron chi connectivity index (χ4n) is 1.48. The zero-order chi connectivity index (χ0) is 14.0. The molecule has 1 heterocycles. The molecule has 1 fully saturated rings. The van der Waals surface area contributed by atoms with Crippen molar-refractivity contribution in [1.29, 1.82) is 0 Å². The van der Waals surface area contributed by atoms with Gasteiger partial charge in [0.2, 0.25) is 0 Å². The Morgan fingerprint density at radius 1 is 1.16 bits per heavy atom. The van der Waals surface area contributed by atoms with E-state index in [1.807, 2.05) is 12.1 Å². The molecule has 0 aromatic heterocycles. The maximum Gasteiger partial charge on any atom is 0.354 e. The van der Waals surface area contributed by atoms with Gasteiger partial charge in [-0.25, -0.2) is 9.59 Å². The monoisotopic (exact) mass is 376 g/mol. The number of carbonyl (C=O) groups excluding carboxylic acids is 2. The summed E-state index contributed by atoms with van der Waals surface area (Å²) in [5.41, 5.74) is 0. The normalized spacial score (nSPS) is 17.7. The van der Waals surface area contributed by atoms with E-state index < -0.39 is 38.5 Å². The predicted molar refractivity (Wildman–Crippen MR) is 77.0 cm³/mol. The Hall–Kier alpha value is -1.44. The molecule has 1 aliphatic rings. The molecule has 0 atom stereocenters. The van der Waals surface area contributed by atoms with Crippen LogP contribution >= 0.6 is 20.7 Å². The smallest absolute Gasteiger partial charge is 0.354 e. The molecule has 5 nitrogen and oxygen atoms in total. The SMILES string of the molecule is COc1cccc(I=C2C(=O)OC(C)(C)OC2=O)c1. The third-order valence-corrected chi connectivity index (χ3v) is 4.98. The minimum absolute atomic E-state index is 0.103. The Morgan fingerprint density at radius 3 is 2.37 bits per heavy atom. The molecule has 0 N–H and O–H groups in total. The predicted octanol–water partition coefficient (Wildman–Crippen LogP) is 1.84. The first kappa shape index (κ1) is 14.0. The maximum absolute atomic E-state index is 11.8. The summed E-state index contributed by atoms with van der Waals surface area (Å²) in [7, 11) is 1.57. The van der Waals surface area contributed by atoms with E-state index >= 15 is 0 Å². The highest BCUT2D eigenvalue weighted by molar-refractivity contribution is 14.2. The van der Waals surface area contributed by atoms with Crippen molar-refractivity contribution in [1.82, 2.24) is 0 Å². The molecule has 1 aromatic carbocycles. The van der Waals surface area contributed by atoms with Gasteiger partial charge in [-0.2, -0.15) is 0 Å². The molecule has 1 saturated heterocycles. The third kappa shape index (κ3) is 3.31. The highest BCUT2D eigenvalue weighted by Gasteiger charge is 2.39. The van der Waals surface area contributed by atoms with E-state index in [2.05, 4.69) is 0 Å². The molecule has 102 valence electrons. The zero-order valence-electron chi connectivity index (χ0n) is 10.7. The number of benzene rings is 1. The Bertz CT molecular complexity index is 540. The van der Waals surface area contributed by atoms with Crippen molar-refractivity contribution >= 4 is 36.2 Å². The molecule has 19 heavy (non-hydrogen) atoms. The van der Waals surface area contributed by atoms with Crippen LogP contribution in [-0.2, 0) is 19.1 Å². The van der Waals surface area contributed by atoms with Crippen LogP contribution < -0.4 is 4.74 Å². The van der Waals surface area contributed by atoms with Gasteiger partial charge in [-0.15, -0.1) is 0 Å². The Balaban J connectivity index is 2.32. The van der Waals surface area contributed by atoms with E-state index in [1.54, 1.807) is 19.2 Å². The van der Waals surface area contributed by atoms with Crippen LogP contribution in [0.15, 0.2) is 24.3 Å². The Kier molecular flexibility index (Phi) is 3.88. The number of cyclic esters (lactones) is 2. The fraction of sp³-hybridized carbons (Fsp3) is 0.308. The van der Waals surface area contributed by atoms with E-state index in [0.29, 0.717) is 5.75 Å². The van der Waals surface area contributed by atoms with Crippen molar-refractivity contribution in [3.63, 3.8) is 0 Å². The second-order valence-electron chi connectivity index (χ2n) is 4.25. The Labute approximate surface area is 120 Å². The van der Waals surface area contributed by atoms with Crippen LogP contribution in [0.3, 0.4) is 0 Å². The van der Waals surface area contributed by atoms with Crippen molar-refractivity contribution in [2.24, 2.45) is 0 Å². The summed E-state index contributed by atoms with van der Waals surface area (Å²) in [6.07, 6.45) is 0. The first-order valence-corrected chi connectivity index (χ1v) is 7.69. The molecule has 6 heteroatoms. The quantitative estimate of drug-likeness (QED) is 0.583.